The van der Waals surface area contributed by atoms with Crippen LogP contribution in [0.25, 0.3) is 0 Å². The van der Waals surface area contributed by atoms with Gasteiger partial charge in [-0.25, -0.2) is 0 Å². The van der Waals surface area contributed by atoms with E-state index in [0.29, 0.717) is 13.0 Å². The largest absolute Gasteiger partial charge is 0.481 e. The molecule has 0 spiro atoms. The van der Waals surface area contributed by atoms with Crippen molar-refractivity contribution in [2.24, 2.45) is 5.73 Å². The average Bonchev–Trinajstić information content (AvgIpc) is 2.35. The molecule has 98 valence electrons. The number of nitrogens with one attached hydrogen (secondary N) is 1. The quantitative estimate of drug-likeness (QED) is 0.631. The molecule has 1 aromatic rings. The van der Waals surface area contributed by atoms with Gasteiger partial charge in [-0.15, -0.1) is 0 Å². The van der Waals surface area contributed by atoms with E-state index in [4.69, 9.17) is 10.8 Å². The second-order valence-corrected chi connectivity index (χ2v) is 4.07. The van der Waals surface area contributed by atoms with Gasteiger partial charge >= 0.3 is 5.97 Å². The molecule has 0 aliphatic rings. The molecule has 0 aliphatic carbocycles. The Morgan fingerprint density at radius 3 is 2.56 bits per heavy atom. The van der Waals surface area contributed by atoms with Crippen molar-refractivity contribution in [1.29, 1.82) is 0 Å². The van der Waals surface area contributed by atoms with Gasteiger partial charge in [-0.05, 0) is 12.0 Å². The number of benzene rings is 1. The molecule has 0 bridgehead atoms. The van der Waals surface area contributed by atoms with Crippen molar-refractivity contribution in [3.8, 4) is 0 Å². The van der Waals surface area contributed by atoms with E-state index in [0.717, 1.165) is 5.56 Å². The van der Waals surface area contributed by atoms with Gasteiger partial charge in [0, 0.05) is 25.4 Å². The standard InChI is InChI=1S/C13H18N2O3/c14-11(10-5-2-1-3-6-10)9-12(16)15-8-4-7-13(17)18/h1-3,5-6,11H,4,7-9,14H2,(H,15,16)(H,17,18). The molecule has 1 amide bonds. The fourth-order valence-corrected chi connectivity index (χ4v) is 1.56. The van der Waals surface area contributed by atoms with Gasteiger partial charge in [-0.1, -0.05) is 30.3 Å². The summed E-state index contributed by atoms with van der Waals surface area (Å²) >= 11 is 0. The van der Waals surface area contributed by atoms with Gasteiger partial charge in [0.25, 0.3) is 0 Å². The smallest absolute Gasteiger partial charge is 0.303 e. The van der Waals surface area contributed by atoms with E-state index in [9.17, 15) is 9.59 Å². The lowest BCUT2D eigenvalue weighted by molar-refractivity contribution is -0.137. The van der Waals surface area contributed by atoms with Gasteiger partial charge in [0.2, 0.25) is 5.91 Å². The molecular formula is C13H18N2O3. The first-order valence-corrected chi connectivity index (χ1v) is 5.88. The Morgan fingerprint density at radius 2 is 1.94 bits per heavy atom. The zero-order chi connectivity index (χ0) is 13.4. The fourth-order valence-electron chi connectivity index (χ4n) is 1.56. The third-order valence-electron chi connectivity index (χ3n) is 2.52. The van der Waals surface area contributed by atoms with Crippen LogP contribution < -0.4 is 11.1 Å². The van der Waals surface area contributed by atoms with E-state index in [1.807, 2.05) is 30.3 Å². The molecule has 0 radical (unpaired) electrons. The van der Waals surface area contributed by atoms with E-state index in [1.165, 1.54) is 0 Å². The molecule has 0 aromatic heterocycles. The zero-order valence-corrected chi connectivity index (χ0v) is 10.1. The van der Waals surface area contributed by atoms with Gasteiger partial charge in [0.15, 0.2) is 0 Å². The van der Waals surface area contributed by atoms with Gasteiger partial charge in [-0.2, -0.15) is 0 Å². The second-order valence-electron chi connectivity index (χ2n) is 4.07. The molecule has 1 atom stereocenters. The summed E-state index contributed by atoms with van der Waals surface area (Å²) in [7, 11) is 0. The van der Waals surface area contributed by atoms with E-state index < -0.39 is 5.97 Å². The Labute approximate surface area is 106 Å². The van der Waals surface area contributed by atoms with Crippen LogP contribution in [-0.2, 0) is 9.59 Å². The van der Waals surface area contributed by atoms with Crippen LogP contribution in [0.3, 0.4) is 0 Å². The molecule has 5 heteroatoms. The summed E-state index contributed by atoms with van der Waals surface area (Å²) in [6.45, 7) is 0.368. The highest BCUT2D eigenvalue weighted by Crippen LogP contribution is 2.12. The lowest BCUT2D eigenvalue weighted by atomic mass is 10.0. The number of carboxylic acids is 1. The molecule has 1 aromatic carbocycles. The molecule has 18 heavy (non-hydrogen) atoms. The van der Waals surface area contributed by atoms with E-state index >= 15 is 0 Å². The number of rotatable bonds is 7. The van der Waals surface area contributed by atoms with Crippen molar-refractivity contribution < 1.29 is 14.7 Å². The summed E-state index contributed by atoms with van der Waals surface area (Å²) in [5, 5.41) is 11.1. The number of hydrogen-bond acceptors (Lipinski definition) is 3. The Balaban J connectivity index is 2.26. The van der Waals surface area contributed by atoms with Crippen LogP contribution in [0.15, 0.2) is 30.3 Å². The molecule has 5 nitrogen and oxygen atoms in total. The van der Waals surface area contributed by atoms with Crippen LogP contribution in [0.2, 0.25) is 0 Å². The van der Waals surface area contributed by atoms with Gasteiger partial charge in [0.05, 0.1) is 0 Å². The van der Waals surface area contributed by atoms with Crippen LogP contribution in [-0.4, -0.2) is 23.5 Å². The SMILES string of the molecule is NC(CC(=O)NCCCC(=O)O)c1ccccc1. The van der Waals surface area contributed by atoms with E-state index in [2.05, 4.69) is 5.32 Å². The third kappa shape index (κ3) is 5.45. The molecule has 0 fully saturated rings. The first-order chi connectivity index (χ1) is 8.59. The lowest BCUT2D eigenvalue weighted by Crippen LogP contribution is -2.28. The molecule has 0 aliphatic heterocycles. The first-order valence-electron chi connectivity index (χ1n) is 5.88. The summed E-state index contributed by atoms with van der Waals surface area (Å²) in [4.78, 5) is 21.8. The van der Waals surface area contributed by atoms with Gasteiger partial charge in [0.1, 0.15) is 0 Å². The Morgan fingerprint density at radius 1 is 1.28 bits per heavy atom. The highest BCUT2D eigenvalue weighted by atomic mass is 16.4. The molecular weight excluding hydrogens is 232 g/mol. The molecule has 0 heterocycles. The zero-order valence-electron chi connectivity index (χ0n) is 10.1. The Bertz CT molecular complexity index is 392. The molecule has 4 N–H and O–H groups in total. The monoisotopic (exact) mass is 250 g/mol. The van der Waals surface area contributed by atoms with Crippen molar-refractivity contribution in [2.45, 2.75) is 25.3 Å². The predicted octanol–water partition coefficient (Wildman–Crippen LogP) is 1.06. The highest BCUT2D eigenvalue weighted by molar-refractivity contribution is 5.76. The third-order valence-corrected chi connectivity index (χ3v) is 2.52. The number of hydrogen-bond donors (Lipinski definition) is 3. The Hall–Kier alpha value is -1.88. The summed E-state index contributed by atoms with van der Waals surface area (Å²) in [6.07, 6.45) is 0.698. The summed E-state index contributed by atoms with van der Waals surface area (Å²) in [5.74, 6) is -1.01. The summed E-state index contributed by atoms with van der Waals surface area (Å²) < 4.78 is 0. The Kier molecular flexibility index (Phi) is 5.87. The lowest BCUT2D eigenvalue weighted by Gasteiger charge is -2.11. The maximum atomic E-state index is 11.5. The molecule has 1 rings (SSSR count). The highest BCUT2D eigenvalue weighted by Gasteiger charge is 2.10. The van der Waals surface area contributed by atoms with Crippen LogP contribution in [0.4, 0.5) is 0 Å². The summed E-state index contributed by atoms with van der Waals surface area (Å²) in [6, 6.07) is 9.07. The van der Waals surface area contributed by atoms with E-state index in [1.54, 1.807) is 0 Å². The maximum absolute atomic E-state index is 11.5. The van der Waals surface area contributed by atoms with Crippen molar-refractivity contribution in [3.05, 3.63) is 35.9 Å². The van der Waals surface area contributed by atoms with Crippen LogP contribution in [0.5, 0.6) is 0 Å². The number of carbonyl (C=O) groups excluding carboxylic acids is 1. The molecule has 1 unspecified atom stereocenters. The van der Waals surface area contributed by atoms with Crippen LogP contribution in [0, 0.1) is 0 Å². The van der Waals surface area contributed by atoms with Crippen molar-refractivity contribution in [3.63, 3.8) is 0 Å². The van der Waals surface area contributed by atoms with Crippen molar-refractivity contribution in [2.75, 3.05) is 6.54 Å². The maximum Gasteiger partial charge on any atom is 0.303 e. The van der Waals surface area contributed by atoms with Gasteiger partial charge < -0.3 is 16.2 Å². The van der Waals surface area contributed by atoms with Crippen LogP contribution in [0.1, 0.15) is 30.9 Å². The van der Waals surface area contributed by atoms with Crippen LogP contribution >= 0.6 is 0 Å². The average molecular weight is 250 g/mol. The number of aliphatic carboxylic acids is 1. The number of carboxylic acid groups (broad SMARTS) is 1. The topological polar surface area (TPSA) is 92.4 Å². The molecule has 0 saturated carbocycles. The van der Waals surface area contributed by atoms with E-state index in [-0.39, 0.29) is 24.8 Å². The minimum atomic E-state index is -0.856. The molecule has 0 saturated heterocycles. The normalized spacial score (nSPS) is 11.8. The summed E-state index contributed by atoms with van der Waals surface area (Å²) in [5.41, 5.74) is 6.81. The predicted molar refractivity (Wildman–Crippen MR) is 67.9 cm³/mol. The number of carbonyl (C=O) groups is 2. The van der Waals surface area contributed by atoms with Crippen molar-refractivity contribution in [1.82, 2.24) is 5.32 Å². The number of amides is 1. The van der Waals surface area contributed by atoms with Crippen molar-refractivity contribution >= 4 is 11.9 Å². The first kappa shape index (κ1) is 14.2. The second kappa shape index (κ2) is 7.45. The minimum absolute atomic E-state index is 0.0605. The van der Waals surface area contributed by atoms with Gasteiger partial charge in [-0.3, -0.25) is 9.59 Å². The fraction of sp³-hybridized carbons (Fsp3) is 0.385. The number of nitrogens with two attached hydrogens (primary N) is 1. The minimum Gasteiger partial charge on any atom is -0.481 e.